The smallest absolute Gasteiger partial charge is 0.0558 e. The molecule has 1 N–H and O–H groups in total. The third-order valence-corrected chi connectivity index (χ3v) is 2.64. The number of rotatable bonds is 4. The van der Waals surface area contributed by atoms with Gasteiger partial charge in [-0.2, -0.15) is 0 Å². The van der Waals surface area contributed by atoms with Crippen LogP contribution in [0, 0.1) is 11.8 Å². The first-order valence-electron chi connectivity index (χ1n) is 4.60. The standard InChI is InChI=1S/C9H19NO2/c1-8-5-10(3-4-11)6-9(8)7-12-2/h8-9,11H,3-7H2,1-2H3/t8-,9-/m1/s1. The van der Waals surface area contributed by atoms with Crippen molar-refractivity contribution >= 4 is 0 Å². The molecule has 1 saturated heterocycles. The van der Waals surface area contributed by atoms with Gasteiger partial charge in [0.2, 0.25) is 0 Å². The van der Waals surface area contributed by atoms with E-state index < -0.39 is 0 Å². The molecule has 0 bridgehead atoms. The van der Waals surface area contributed by atoms with E-state index in [1.807, 2.05) is 0 Å². The van der Waals surface area contributed by atoms with Crippen LogP contribution in [0.25, 0.3) is 0 Å². The Morgan fingerprint density at radius 2 is 2.25 bits per heavy atom. The first kappa shape index (κ1) is 9.96. The van der Waals surface area contributed by atoms with Crippen molar-refractivity contribution in [2.75, 3.05) is 40.0 Å². The fourth-order valence-electron chi connectivity index (χ4n) is 1.90. The lowest BCUT2D eigenvalue weighted by atomic mass is 10.00. The maximum Gasteiger partial charge on any atom is 0.0558 e. The Kier molecular flexibility index (Phi) is 3.98. The summed E-state index contributed by atoms with van der Waals surface area (Å²) >= 11 is 0. The minimum atomic E-state index is 0.270. The minimum Gasteiger partial charge on any atom is -0.395 e. The maximum atomic E-state index is 8.76. The van der Waals surface area contributed by atoms with Crippen molar-refractivity contribution in [2.24, 2.45) is 11.8 Å². The predicted octanol–water partition coefficient (Wildman–Crippen LogP) is 0.193. The molecule has 0 amide bonds. The molecular weight excluding hydrogens is 154 g/mol. The van der Waals surface area contributed by atoms with Crippen LogP contribution >= 0.6 is 0 Å². The molecule has 1 heterocycles. The highest BCUT2D eigenvalue weighted by Crippen LogP contribution is 2.22. The van der Waals surface area contributed by atoms with Crippen LogP contribution in [0.15, 0.2) is 0 Å². The number of aliphatic hydroxyl groups is 1. The quantitative estimate of drug-likeness (QED) is 0.659. The first-order valence-corrected chi connectivity index (χ1v) is 4.60. The number of methoxy groups -OCH3 is 1. The van der Waals surface area contributed by atoms with Gasteiger partial charge in [0.25, 0.3) is 0 Å². The molecule has 3 nitrogen and oxygen atoms in total. The third-order valence-electron chi connectivity index (χ3n) is 2.64. The van der Waals surface area contributed by atoms with Crippen molar-refractivity contribution in [3.05, 3.63) is 0 Å². The van der Waals surface area contributed by atoms with Crippen molar-refractivity contribution in [1.29, 1.82) is 0 Å². The topological polar surface area (TPSA) is 32.7 Å². The summed E-state index contributed by atoms with van der Waals surface area (Å²) in [6, 6.07) is 0. The van der Waals surface area contributed by atoms with Crippen LogP contribution < -0.4 is 0 Å². The molecular formula is C9H19NO2. The van der Waals surface area contributed by atoms with Crippen LogP contribution in [0.4, 0.5) is 0 Å². The van der Waals surface area contributed by atoms with Crippen molar-refractivity contribution in [3.8, 4) is 0 Å². The number of aliphatic hydroxyl groups excluding tert-OH is 1. The van der Waals surface area contributed by atoms with Gasteiger partial charge in [0.05, 0.1) is 13.2 Å². The van der Waals surface area contributed by atoms with E-state index in [2.05, 4.69) is 11.8 Å². The molecule has 1 aliphatic heterocycles. The van der Waals surface area contributed by atoms with Crippen LogP contribution in [0.1, 0.15) is 6.92 Å². The van der Waals surface area contributed by atoms with E-state index in [1.54, 1.807) is 7.11 Å². The Morgan fingerprint density at radius 3 is 2.83 bits per heavy atom. The SMILES string of the molecule is COC[C@H]1CN(CCO)C[C@H]1C. The zero-order valence-corrected chi connectivity index (χ0v) is 7.99. The van der Waals surface area contributed by atoms with Gasteiger partial charge in [0.1, 0.15) is 0 Å². The molecule has 72 valence electrons. The van der Waals surface area contributed by atoms with Gasteiger partial charge in [0, 0.05) is 26.7 Å². The fraction of sp³-hybridized carbons (Fsp3) is 1.00. The Balaban J connectivity index is 2.29. The summed E-state index contributed by atoms with van der Waals surface area (Å²) in [5, 5.41) is 8.76. The van der Waals surface area contributed by atoms with Gasteiger partial charge in [-0.1, -0.05) is 6.92 Å². The van der Waals surface area contributed by atoms with E-state index in [0.717, 1.165) is 26.2 Å². The van der Waals surface area contributed by atoms with Crippen molar-refractivity contribution in [2.45, 2.75) is 6.92 Å². The Labute approximate surface area is 74.3 Å². The molecule has 0 radical (unpaired) electrons. The zero-order chi connectivity index (χ0) is 8.97. The number of β-amino-alcohol motifs (C(OH)–C–C–N with tert-alkyl or cyclic N) is 1. The molecule has 1 fully saturated rings. The number of nitrogens with zero attached hydrogens (tertiary/aromatic N) is 1. The van der Waals surface area contributed by atoms with Gasteiger partial charge in [-0.05, 0) is 11.8 Å². The molecule has 0 aromatic carbocycles. The normalized spacial score (nSPS) is 31.2. The van der Waals surface area contributed by atoms with E-state index >= 15 is 0 Å². The largest absolute Gasteiger partial charge is 0.395 e. The zero-order valence-electron chi connectivity index (χ0n) is 7.99. The second-order valence-electron chi connectivity index (χ2n) is 3.68. The van der Waals surface area contributed by atoms with Gasteiger partial charge in [-0.3, -0.25) is 0 Å². The summed E-state index contributed by atoms with van der Waals surface area (Å²) in [6.07, 6.45) is 0. The Hall–Kier alpha value is -0.120. The average molecular weight is 173 g/mol. The van der Waals surface area contributed by atoms with Gasteiger partial charge < -0.3 is 14.7 Å². The molecule has 0 unspecified atom stereocenters. The lowest BCUT2D eigenvalue weighted by Crippen LogP contribution is -2.24. The number of likely N-dealkylation sites (tertiary alicyclic amines) is 1. The highest BCUT2D eigenvalue weighted by molar-refractivity contribution is 4.80. The van der Waals surface area contributed by atoms with E-state index in [-0.39, 0.29) is 6.61 Å². The van der Waals surface area contributed by atoms with E-state index in [0.29, 0.717) is 11.8 Å². The predicted molar refractivity (Wildman–Crippen MR) is 48.1 cm³/mol. The molecule has 12 heavy (non-hydrogen) atoms. The maximum absolute atomic E-state index is 8.76. The van der Waals surface area contributed by atoms with Crippen molar-refractivity contribution < 1.29 is 9.84 Å². The highest BCUT2D eigenvalue weighted by atomic mass is 16.5. The van der Waals surface area contributed by atoms with Gasteiger partial charge in [-0.25, -0.2) is 0 Å². The lowest BCUT2D eigenvalue weighted by Gasteiger charge is -2.13. The molecule has 1 aliphatic rings. The molecule has 0 aliphatic carbocycles. The average Bonchev–Trinajstić information content (AvgIpc) is 2.34. The third kappa shape index (κ3) is 2.44. The molecule has 0 saturated carbocycles. The van der Waals surface area contributed by atoms with Crippen LogP contribution in [-0.2, 0) is 4.74 Å². The number of hydrogen-bond acceptors (Lipinski definition) is 3. The van der Waals surface area contributed by atoms with E-state index in [9.17, 15) is 0 Å². The first-order chi connectivity index (χ1) is 5.77. The molecule has 3 heteroatoms. The monoisotopic (exact) mass is 173 g/mol. The highest BCUT2D eigenvalue weighted by Gasteiger charge is 2.28. The molecule has 2 atom stereocenters. The van der Waals surface area contributed by atoms with Gasteiger partial charge >= 0.3 is 0 Å². The minimum absolute atomic E-state index is 0.270. The van der Waals surface area contributed by atoms with Crippen LogP contribution in [-0.4, -0.2) is 50.0 Å². The lowest BCUT2D eigenvalue weighted by molar-refractivity contribution is 0.138. The van der Waals surface area contributed by atoms with E-state index in [4.69, 9.17) is 9.84 Å². The molecule has 0 aromatic rings. The number of hydrogen-bond donors (Lipinski definition) is 1. The summed E-state index contributed by atoms with van der Waals surface area (Å²) in [5.74, 6) is 1.36. The van der Waals surface area contributed by atoms with Crippen molar-refractivity contribution in [1.82, 2.24) is 4.90 Å². The Bertz CT molecular complexity index is 130. The second-order valence-corrected chi connectivity index (χ2v) is 3.68. The molecule has 0 aromatic heterocycles. The summed E-state index contributed by atoms with van der Waals surface area (Å²) in [6.45, 7) is 6.37. The summed E-state index contributed by atoms with van der Waals surface area (Å²) < 4.78 is 5.13. The number of ether oxygens (including phenoxy) is 1. The second kappa shape index (κ2) is 4.80. The van der Waals surface area contributed by atoms with Gasteiger partial charge in [0.15, 0.2) is 0 Å². The van der Waals surface area contributed by atoms with Crippen molar-refractivity contribution in [3.63, 3.8) is 0 Å². The summed E-state index contributed by atoms with van der Waals surface area (Å²) in [4.78, 5) is 2.30. The molecule has 1 rings (SSSR count). The van der Waals surface area contributed by atoms with Crippen LogP contribution in [0.2, 0.25) is 0 Å². The van der Waals surface area contributed by atoms with E-state index in [1.165, 1.54) is 0 Å². The fourth-order valence-corrected chi connectivity index (χ4v) is 1.90. The summed E-state index contributed by atoms with van der Waals surface area (Å²) in [5.41, 5.74) is 0. The van der Waals surface area contributed by atoms with Crippen LogP contribution in [0.5, 0.6) is 0 Å². The summed E-state index contributed by atoms with van der Waals surface area (Å²) in [7, 11) is 1.75. The molecule has 0 spiro atoms. The Morgan fingerprint density at radius 1 is 1.50 bits per heavy atom. The van der Waals surface area contributed by atoms with Gasteiger partial charge in [-0.15, -0.1) is 0 Å². The van der Waals surface area contributed by atoms with Crippen LogP contribution in [0.3, 0.4) is 0 Å².